The van der Waals surface area contributed by atoms with E-state index >= 15 is 0 Å². The highest BCUT2D eigenvalue weighted by molar-refractivity contribution is 7.99. The van der Waals surface area contributed by atoms with Crippen LogP contribution >= 0.6 is 11.8 Å². The Morgan fingerprint density at radius 1 is 1.60 bits per heavy atom. The normalized spacial score (nSPS) is 26.9. The summed E-state index contributed by atoms with van der Waals surface area (Å²) < 4.78 is 5.29. The lowest BCUT2D eigenvalue weighted by atomic mass is 9.89. The van der Waals surface area contributed by atoms with E-state index in [9.17, 15) is 4.79 Å². The molecule has 0 spiro atoms. The molecule has 0 N–H and O–H groups in total. The quantitative estimate of drug-likeness (QED) is 0.776. The Bertz CT molecular complexity index is 361. The van der Waals surface area contributed by atoms with Crippen LogP contribution in [0.25, 0.3) is 0 Å². The first-order chi connectivity index (χ1) is 7.15. The molecule has 15 heavy (non-hydrogen) atoms. The number of oxazole rings is 1. The molecular formula is C11H15NO2S. The second kappa shape index (κ2) is 4.39. The minimum absolute atomic E-state index is 0.337. The van der Waals surface area contributed by atoms with Crippen LogP contribution in [-0.2, 0) is 4.79 Å². The number of hydrogen-bond donors (Lipinski definition) is 0. The summed E-state index contributed by atoms with van der Waals surface area (Å²) in [7, 11) is 0. The molecule has 0 amide bonds. The van der Waals surface area contributed by atoms with E-state index in [2.05, 4.69) is 11.9 Å². The minimum atomic E-state index is 0.337. The number of Topliss-reactive ketones (excluding diaryl/α,β-unsaturated/α-hetero) is 1. The lowest BCUT2D eigenvalue weighted by Gasteiger charge is -2.25. The van der Waals surface area contributed by atoms with E-state index in [1.165, 1.54) is 0 Å². The van der Waals surface area contributed by atoms with Crippen molar-refractivity contribution in [2.24, 2.45) is 5.92 Å². The highest BCUT2D eigenvalue weighted by Crippen LogP contribution is 2.35. The van der Waals surface area contributed by atoms with Crippen molar-refractivity contribution in [2.45, 2.75) is 43.6 Å². The Hall–Kier alpha value is -0.770. The standard InChI is InChI=1S/C11H15NO2S/c1-7-3-4-9(13)5-10(7)15-11-12-8(2)6-14-11/h6-7,10H,3-5H2,1-2H3. The molecule has 1 heterocycles. The van der Waals surface area contributed by atoms with E-state index in [0.717, 1.165) is 18.5 Å². The van der Waals surface area contributed by atoms with Gasteiger partial charge in [0.1, 0.15) is 12.0 Å². The third-order valence-electron chi connectivity index (χ3n) is 2.79. The van der Waals surface area contributed by atoms with Crippen LogP contribution in [0, 0.1) is 12.8 Å². The van der Waals surface area contributed by atoms with Gasteiger partial charge in [-0.25, -0.2) is 4.98 Å². The predicted molar refractivity (Wildman–Crippen MR) is 58.9 cm³/mol. The van der Waals surface area contributed by atoms with E-state index in [1.54, 1.807) is 18.0 Å². The SMILES string of the molecule is Cc1coc(SC2CC(=O)CCC2C)n1. The highest BCUT2D eigenvalue weighted by atomic mass is 32.2. The predicted octanol–water partition coefficient (Wildman–Crippen LogP) is 2.83. The lowest BCUT2D eigenvalue weighted by Crippen LogP contribution is -2.25. The fourth-order valence-corrected chi connectivity index (χ4v) is 2.97. The van der Waals surface area contributed by atoms with E-state index in [-0.39, 0.29) is 0 Å². The van der Waals surface area contributed by atoms with E-state index in [1.807, 2.05) is 6.92 Å². The van der Waals surface area contributed by atoms with Gasteiger partial charge in [0.2, 0.25) is 0 Å². The number of carbonyl (C=O) groups is 1. The number of aryl methyl sites for hydroxylation is 1. The summed E-state index contributed by atoms with van der Waals surface area (Å²) in [6.45, 7) is 4.10. The van der Waals surface area contributed by atoms with Gasteiger partial charge in [-0.05, 0) is 19.3 Å². The molecule has 3 nitrogen and oxygen atoms in total. The van der Waals surface area contributed by atoms with Crippen LogP contribution in [0.5, 0.6) is 0 Å². The van der Waals surface area contributed by atoms with Crippen molar-refractivity contribution >= 4 is 17.5 Å². The number of nitrogens with zero attached hydrogens (tertiary/aromatic N) is 1. The molecule has 0 aliphatic heterocycles. The molecule has 0 aromatic carbocycles. The molecule has 2 rings (SSSR count). The molecule has 82 valence electrons. The third-order valence-corrected chi connectivity index (χ3v) is 4.12. The van der Waals surface area contributed by atoms with Crippen LogP contribution in [0.1, 0.15) is 31.9 Å². The zero-order valence-corrected chi connectivity index (χ0v) is 9.84. The number of thioether (sulfide) groups is 1. The highest BCUT2D eigenvalue weighted by Gasteiger charge is 2.28. The molecule has 0 saturated heterocycles. The molecule has 1 aliphatic carbocycles. The maximum atomic E-state index is 11.4. The number of ketones is 1. The molecule has 1 saturated carbocycles. The molecule has 0 bridgehead atoms. The fraction of sp³-hybridized carbons (Fsp3) is 0.636. The molecule has 2 atom stereocenters. The summed E-state index contributed by atoms with van der Waals surface area (Å²) in [5.41, 5.74) is 0.896. The number of hydrogen-bond acceptors (Lipinski definition) is 4. The van der Waals surface area contributed by atoms with E-state index in [0.29, 0.717) is 28.6 Å². The van der Waals surface area contributed by atoms with Gasteiger partial charge in [-0.1, -0.05) is 18.7 Å². The van der Waals surface area contributed by atoms with Gasteiger partial charge in [0.05, 0.1) is 5.69 Å². The van der Waals surface area contributed by atoms with E-state index in [4.69, 9.17) is 4.42 Å². The number of rotatable bonds is 2. The maximum absolute atomic E-state index is 11.4. The average Bonchev–Trinajstić information content (AvgIpc) is 2.58. The van der Waals surface area contributed by atoms with Crippen molar-refractivity contribution in [3.63, 3.8) is 0 Å². The summed E-state index contributed by atoms with van der Waals surface area (Å²) in [4.78, 5) is 15.6. The van der Waals surface area contributed by atoms with Crippen LogP contribution in [0.4, 0.5) is 0 Å². The molecule has 4 heteroatoms. The first-order valence-electron chi connectivity index (χ1n) is 5.25. The molecule has 2 unspecified atom stereocenters. The van der Waals surface area contributed by atoms with Crippen LogP contribution in [0.15, 0.2) is 15.9 Å². The zero-order chi connectivity index (χ0) is 10.8. The number of aromatic nitrogens is 1. The van der Waals surface area contributed by atoms with Gasteiger partial charge in [0.25, 0.3) is 5.22 Å². The van der Waals surface area contributed by atoms with Crippen LogP contribution in [-0.4, -0.2) is 16.0 Å². The molecule has 1 fully saturated rings. The largest absolute Gasteiger partial charge is 0.440 e. The average molecular weight is 225 g/mol. The Morgan fingerprint density at radius 3 is 3.07 bits per heavy atom. The first kappa shape index (κ1) is 10.7. The second-order valence-corrected chi connectivity index (χ2v) is 5.36. The molecular weight excluding hydrogens is 210 g/mol. The fourth-order valence-electron chi connectivity index (χ4n) is 1.78. The molecule has 1 aromatic heterocycles. The van der Waals surface area contributed by atoms with Gasteiger partial charge in [-0.3, -0.25) is 4.79 Å². The smallest absolute Gasteiger partial charge is 0.256 e. The first-order valence-corrected chi connectivity index (χ1v) is 6.13. The van der Waals surface area contributed by atoms with E-state index < -0.39 is 0 Å². The maximum Gasteiger partial charge on any atom is 0.256 e. The monoisotopic (exact) mass is 225 g/mol. The molecule has 0 radical (unpaired) electrons. The van der Waals surface area contributed by atoms with Gasteiger partial charge in [0, 0.05) is 18.1 Å². The van der Waals surface area contributed by atoms with Crippen LogP contribution < -0.4 is 0 Å². The van der Waals surface area contributed by atoms with Gasteiger partial charge in [-0.15, -0.1) is 0 Å². The Labute approximate surface area is 93.6 Å². The topological polar surface area (TPSA) is 43.1 Å². The van der Waals surface area contributed by atoms with Gasteiger partial charge in [0.15, 0.2) is 0 Å². The third kappa shape index (κ3) is 2.62. The van der Waals surface area contributed by atoms with Crippen molar-refractivity contribution in [2.75, 3.05) is 0 Å². The summed E-state index contributed by atoms with van der Waals surface area (Å²) in [6, 6.07) is 0. The van der Waals surface area contributed by atoms with Crippen molar-refractivity contribution in [3.8, 4) is 0 Å². The van der Waals surface area contributed by atoms with Crippen molar-refractivity contribution in [3.05, 3.63) is 12.0 Å². The van der Waals surface area contributed by atoms with Crippen molar-refractivity contribution < 1.29 is 9.21 Å². The summed E-state index contributed by atoms with van der Waals surface area (Å²) in [5.74, 6) is 0.939. The molecule has 1 aliphatic rings. The van der Waals surface area contributed by atoms with Crippen LogP contribution in [0.2, 0.25) is 0 Å². The molecule has 1 aromatic rings. The Kier molecular flexibility index (Phi) is 3.14. The van der Waals surface area contributed by atoms with Gasteiger partial charge < -0.3 is 4.42 Å². The second-order valence-electron chi connectivity index (χ2n) is 4.17. The number of carbonyl (C=O) groups excluding carboxylic acids is 1. The summed E-state index contributed by atoms with van der Waals surface area (Å²) in [5, 5.41) is 1.03. The summed E-state index contributed by atoms with van der Waals surface area (Å²) in [6.07, 6.45) is 4.05. The van der Waals surface area contributed by atoms with Crippen LogP contribution in [0.3, 0.4) is 0 Å². The summed E-state index contributed by atoms with van der Waals surface area (Å²) >= 11 is 1.60. The van der Waals surface area contributed by atoms with Crippen molar-refractivity contribution in [1.29, 1.82) is 0 Å². The zero-order valence-electron chi connectivity index (χ0n) is 9.03. The lowest BCUT2D eigenvalue weighted by molar-refractivity contribution is -0.120. The Balaban J connectivity index is 2.01. The van der Waals surface area contributed by atoms with Gasteiger partial charge in [-0.2, -0.15) is 0 Å². The van der Waals surface area contributed by atoms with Gasteiger partial charge >= 0.3 is 0 Å². The van der Waals surface area contributed by atoms with Crippen molar-refractivity contribution in [1.82, 2.24) is 4.98 Å². The minimum Gasteiger partial charge on any atom is -0.440 e. The Morgan fingerprint density at radius 2 is 2.40 bits per heavy atom.